The van der Waals surface area contributed by atoms with E-state index in [-0.39, 0.29) is 11.8 Å². The standard InChI is InChI=1S/C20H18BrN5O/c21-15-6-7-16-14(10-15)11-17(22-16)20(27)25-8-3-4-13(12-25)19-24-23-18-5-1-2-9-26(18)19/h1-2,5-7,9-11,13,22H,3-4,8,12H2. The second-order valence-corrected chi connectivity index (χ2v) is 7.91. The Morgan fingerprint density at radius 2 is 2.11 bits per heavy atom. The van der Waals surface area contributed by atoms with Crippen LogP contribution in [0.4, 0.5) is 0 Å². The maximum Gasteiger partial charge on any atom is 0.270 e. The van der Waals surface area contributed by atoms with Crippen molar-refractivity contribution in [1.29, 1.82) is 0 Å². The number of carbonyl (C=O) groups excluding carboxylic acids is 1. The molecule has 0 saturated carbocycles. The highest BCUT2D eigenvalue weighted by Crippen LogP contribution is 2.28. The monoisotopic (exact) mass is 423 g/mol. The average molecular weight is 424 g/mol. The SMILES string of the molecule is O=C(c1cc2cc(Br)ccc2[nH]1)N1CCCC(c2nnc3ccccn23)C1. The zero-order chi connectivity index (χ0) is 18.4. The molecule has 3 aromatic heterocycles. The van der Waals surface area contributed by atoms with Gasteiger partial charge in [-0.15, -0.1) is 10.2 Å². The fourth-order valence-corrected chi connectivity index (χ4v) is 4.28. The minimum absolute atomic E-state index is 0.0424. The molecule has 0 spiro atoms. The molecule has 1 atom stereocenters. The van der Waals surface area contributed by atoms with Gasteiger partial charge in [0.05, 0.1) is 0 Å². The molecule has 0 bridgehead atoms. The molecular formula is C20H18BrN5O. The van der Waals surface area contributed by atoms with E-state index in [2.05, 4.69) is 31.1 Å². The van der Waals surface area contributed by atoms with E-state index in [1.165, 1.54) is 0 Å². The number of fused-ring (bicyclic) bond motifs is 2. The molecule has 1 saturated heterocycles. The Morgan fingerprint density at radius 3 is 3.04 bits per heavy atom. The van der Waals surface area contributed by atoms with Gasteiger partial charge in [-0.25, -0.2) is 0 Å². The van der Waals surface area contributed by atoms with Crippen LogP contribution in [0, 0.1) is 0 Å². The Bertz CT molecular complexity index is 1150. The van der Waals surface area contributed by atoms with Gasteiger partial charge in [0.15, 0.2) is 5.65 Å². The maximum absolute atomic E-state index is 13.1. The summed E-state index contributed by atoms with van der Waals surface area (Å²) in [6.45, 7) is 1.43. The van der Waals surface area contributed by atoms with E-state index in [1.54, 1.807) is 0 Å². The summed E-state index contributed by atoms with van der Waals surface area (Å²) in [5.74, 6) is 1.17. The lowest BCUT2D eigenvalue weighted by molar-refractivity contribution is 0.0699. The van der Waals surface area contributed by atoms with E-state index >= 15 is 0 Å². The molecule has 1 unspecified atom stereocenters. The molecule has 1 aliphatic heterocycles. The number of halogens is 1. The molecule has 136 valence electrons. The smallest absolute Gasteiger partial charge is 0.270 e. The number of nitrogens with zero attached hydrogens (tertiary/aromatic N) is 4. The van der Waals surface area contributed by atoms with Crippen LogP contribution in [0.2, 0.25) is 0 Å². The van der Waals surface area contributed by atoms with Gasteiger partial charge in [-0.3, -0.25) is 9.20 Å². The van der Waals surface area contributed by atoms with Gasteiger partial charge in [0.1, 0.15) is 11.5 Å². The van der Waals surface area contributed by atoms with Crippen molar-refractivity contribution in [3.63, 3.8) is 0 Å². The molecule has 4 aromatic rings. The summed E-state index contributed by atoms with van der Waals surface area (Å²) in [6, 6.07) is 13.8. The molecule has 1 amide bonds. The third-order valence-corrected chi connectivity index (χ3v) is 5.72. The van der Waals surface area contributed by atoms with Crippen LogP contribution in [0.25, 0.3) is 16.6 Å². The summed E-state index contributed by atoms with van der Waals surface area (Å²) < 4.78 is 3.03. The Hall–Kier alpha value is -2.67. The first-order valence-corrected chi connectivity index (χ1v) is 9.85. The molecule has 6 nitrogen and oxygen atoms in total. The predicted molar refractivity (Wildman–Crippen MR) is 107 cm³/mol. The molecule has 5 rings (SSSR count). The lowest BCUT2D eigenvalue weighted by Crippen LogP contribution is -2.39. The number of piperidine rings is 1. The van der Waals surface area contributed by atoms with E-state index < -0.39 is 0 Å². The van der Waals surface area contributed by atoms with Gasteiger partial charge in [0, 0.05) is 40.6 Å². The second-order valence-electron chi connectivity index (χ2n) is 6.99. The quantitative estimate of drug-likeness (QED) is 0.529. The van der Waals surface area contributed by atoms with Crippen LogP contribution in [0.3, 0.4) is 0 Å². The van der Waals surface area contributed by atoms with Crippen molar-refractivity contribution in [2.45, 2.75) is 18.8 Å². The van der Waals surface area contributed by atoms with Gasteiger partial charge < -0.3 is 9.88 Å². The first-order valence-electron chi connectivity index (χ1n) is 9.06. The number of carbonyl (C=O) groups is 1. The van der Waals surface area contributed by atoms with Crippen LogP contribution in [-0.2, 0) is 0 Å². The second kappa shape index (κ2) is 6.49. The highest BCUT2D eigenvalue weighted by Gasteiger charge is 2.29. The summed E-state index contributed by atoms with van der Waals surface area (Å²) >= 11 is 3.48. The summed E-state index contributed by atoms with van der Waals surface area (Å²) in [4.78, 5) is 18.3. The van der Waals surface area contributed by atoms with E-state index in [0.29, 0.717) is 12.2 Å². The zero-order valence-electron chi connectivity index (χ0n) is 14.6. The van der Waals surface area contributed by atoms with Crippen LogP contribution >= 0.6 is 15.9 Å². The van der Waals surface area contributed by atoms with Crippen molar-refractivity contribution in [3.05, 3.63) is 64.7 Å². The first kappa shape index (κ1) is 16.5. The summed E-state index contributed by atoms with van der Waals surface area (Å²) in [5.41, 5.74) is 2.45. The van der Waals surface area contributed by atoms with Crippen molar-refractivity contribution in [1.82, 2.24) is 24.5 Å². The lowest BCUT2D eigenvalue weighted by Gasteiger charge is -2.31. The number of hydrogen-bond donors (Lipinski definition) is 1. The summed E-state index contributed by atoms with van der Waals surface area (Å²) in [7, 11) is 0. The van der Waals surface area contributed by atoms with E-state index in [0.717, 1.165) is 46.2 Å². The number of H-pyrrole nitrogens is 1. The van der Waals surface area contributed by atoms with Crippen LogP contribution in [-0.4, -0.2) is 43.5 Å². The van der Waals surface area contributed by atoms with Crippen LogP contribution in [0.1, 0.15) is 35.1 Å². The predicted octanol–water partition coefficient (Wildman–Crippen LogP) is 3.99. The lowest BCUT2D eigenvalue weighted by atomic mass is 9.97. The molecule has 0 radical (unpaired) electrons. The van der Waals surface area contributed by atoms with Crippen LogP contribution < -0.4 is 0 Å². The maximum atomic E-state index is 13.1. The fourth-order valence-electron chi connectivity index (χ4n) is 3.90. The number of hydrogen-bond acceptors (Lipinski definition) is 3. The number of aromatic nitrogens is 4. The van der Waals surface area contributed by atoms with E-state index in [9.17, 15) is 4.79 Å². The average Bonchev–Trinajstić information content (AvgIpc) is 3.31. The Kier molecular flexibility index (Phi) is 3.97. The highest BCUT2D eigenvalue weighted by atomic mass is 79.9. The normalized spacial score (nSPS) is 17.7. The molecule has 27 heavy (non-hydrogen) atoms. The van der Waals surface area contributed by atoms with Crippen molar-refractivity contribution < 1.29 is 4.79 Å². The Balaban J connectivity index is 1.42. The number of pyridine rings is 1. The molecule has 7 heteroatoms. The van der Waals surface area contributed by atoms with Crippen molar-refractivity contribution in [3.8, 4) is 0 Å². The number of amides is 1. The van der Waals surface area contributed by atoms with Crippen molar-refractivity contribution >= 4 is 38.4 Å². The number of likely N-dealkylation sites (tertiary alicyclic amines) is 1. The van der Waals surface area contributed by atoms with E-state index in [1.807, 2.05) is 58.0 Å². The van der Waals surface area contributed by atoms with Crippen molar-refractivity contribution in [2.24, 2.45) is 0 Å². The summed E-state index contributed by atoms with van der Waals surface area (Å²) in [5, 5.41) is 9.68. The van der Waals surface area contributed by atoms with Gasteiger partial charge in [0.25, 0.3) is 5.91 Å². The molecule has 1 fully saturated rings. The number of rotatable bonds is 2. The molecule has 1 aliphatic rings. The van der Waals surface area contributed by atoms with Gasteiger partial charge in [-0.05, 0) is 49.2 Å². The molecule has 1 N–H and O–H groups in total. The molecular weight excluding hydrogens is 406 g/mol. The molecule has 1 aromatic carbocycles. The van der Waals surface area contributed by atoms with E-state index in [4.69, 9.17) is 0 Å². The van der Waals surface area contributed by atoms with Gasteiger partial charge in [-0.1, -0.05) is 22.0 Å². The third kappa shape index (κ3) is 2.92. The fraction of sp³-hybridized carbons (Fsp3) is 0.250. The van der Waals surface area contributed by atoms with Gasteiger partial charge in [0.2, 0.25) is 0 Å². The molecule has 0 aliphatic carbocycles. The first-order chi connectivity index (χ1) is 13.2. The number of nitrogens with one attached hydrogen (secondary N) is 1. The Labute approximate surface area is 164 Å². The van der Waals surface area contributed by atoms with Crippen LogP contribution in [0.5, 0.6) is 0 Å². The largest absolute Gasteiger partial charge is 0.351 e. The van der Waals surface area contributed by atoms with Crippen molar-refractivity contribution in [2.75, 3.05) is 13.1 Å². The van der Waals surface area contributed by atoms with Gasteiger partial charge in [-0.2, -0.15) is 0 Å². The van der Waals surface area contributed by atoms with Gasteiger partial charge >= 0.3 is 0 Å². The number of benzene rings is 1. The summed E-state index contributed by atoms with van der Waals surface area (Å²) in [6.07, 6.45) is 3.96. The highest BCUT2D eigenvalue weighted by molar-refractivity contribution is 9.10. The number of aromatic amines is 1. The Morgan fingerprint density at radius 1 is 1.19 bits per heavy atom. The van der Waals surface area contributed by atoms with Crippen LogP contribution in [0.15, 0.2) is 53.1 Å². The third-order valence-electron chi connectivity index (χ3n) is 5.23. The minimum Gasteiger partial charge on any atom is -0.351 e. The molecule has 4 heterocycles. The minimum atomic E-state index is 0.0424. The zero-order valence-corrected chi connectivity index (χ0v) is 16.2. The topological polar surface area (TPSA) is 66.3 Å².